The van der Waals surface area contributed by atoms with Gasteiger partial charge in [-0.1, -0.05) is 0 Å². The maximum atomic E-state index is 13.2. The van der Waals surface area contributed by atoms with Crippen molar-refractivity contribution in [2.45, 2.75) is 31.9 Å². The number of carbonyl (C=O) groups excluding carboxylic acids is 1. The molecule has 1 spiro atoms. The lowest BCUT2D eigenvalue weighted by atomic mass is 9.90. The van der Waals surface area contributed by atoms with Crippen molar-refractivity contribution in [2.24, 2.45) is 0 Å². The Morgan fingerprint density at radius 2 is 1.96 bits per heavy atom. The van der Waals surface area contributed by atoms with Crippen molar-refractivity contribution in [1.29, 1.82) is 0 Å². The molecule has 0 N–H and O–H groups in total. The minimum Gasteiger partial charge on any atom is -0.465 e. The lowest BCUT2D eigenvalue weighted by molar-refractivity contribution is -0.146. The van der Waals surface area contributed by atoms with Crippen molar-refractivity contribution in [3.63, 3.8) is 0 Å². The number of nitrogens with zero attached hydrogens (tertiary/aromatic N) is 2. The zero-order valence-corrected chi connectivity index (χ0v) is 14.9. The van der Waals surface area contributed by atoms with Gasteiger partial charge < -0.3 is 14.1 Å². The molecular weight excluding hydrogens is 335 g/mol. The number of ether oxygens (including phenoxy) is 1. The normalized spacial score (nSPS) is 24.4. The highest BCUT2D eigenvalue weighted by Crippen LogP contribution is 2.32. The number of furan rings is 1. The third kappa shape index (κ3) is 3.52. The number of halogens is 1. The molecule has 0 radical (unpaired) electrons. The zero-order chi connectivity index (χ0) is 18.1. The van der Waals surface area contributed by atoms with Crippen LogP contribution in [0.1, 0.15) is 24.4 Å². The van der Waals surface area contributed by atoms with Crippen LogP contribution in [0.5, 0.6) is 0 Å². The summed E-state index contributed by atoms with van der Waals surface area (Å²) in [5, 5.41) is 0. The summed E-state index contributed by atoms with van der Waals surface area (Å²) in [6, 6.07) is 10.1. The molecule has 3 heterocycles. The molecule has 138 valence electrons. The maximum Gasteiger partial charge on any atom is 0.253 e. The molecule has 0 saturated carbocycles. The number of benzene rings is 1. The van der Waals surface area contributed by atoms with Gasteiger partial charge in [0.1, 0.15) is 23.9 Å². The van der Waals surface area contributed by atoms with Crippen LogP contribution < -0.4 is 4.90 Å². The molecule has 2 aliphatic rings. The first-order valence-corrected chi connectivity index (χ1v) is 9.01. The fourth-order valence-electron chi connectivity index (χ4n) is 3.93. The molecule has 2 aromatic rings. The Hall–Kier alpha value is -2.18. The topological polar surface area (TPSA) is 45.9 Å². The molecule has 26 heavy (non-hydrogen) atoms. The molecule has 1 unspecified atom stereocenters. The second kappa shape index (κ2) is 6.85. The van der Waals surface area contributed by atoms with Gasteiger partial charge in [-0.05, 0) is 62.7 Å². The van der Waals surface area contributed by atoms with Gasteiger partial charge in [0.25, 0.3) is 5.91 Å². The highest BCUT2D eigenvalue weighted by Gasteiger charge is 2.43. The Kier molecular flexibility index (Phi) is 4.54. The summed E-state index contributed by atoms with van der Waals surface area (Å²) in [5.41, 5.74) is 0.334. The van der Waals surface area contributed by atoms with Gasteiger partial charge in [-0.3, -0.25) is 9.69 Å². The van der Waals surface area contributed by atoms with Crippen LogP contribution in [0.3, 0.4) is 0 Å². The summed E-state index contributed by atoms with van der Waals surface area (Å²) in [7, 11) is 0. The van der Waals surface area contributed by atoms with Crippen molar-refractivity contribution in [1.82, 2.24) is 4.90 Å². The first-order valence-electron chi connectivity index (χ1n) is 9.01. The van der Waals surface area contributed by atoms with Crippen LogP contribution in [-0.4, -0.2) is 42.6 Å². The van der Waals surface area contributed by atoms with E-state index in [4.69, 9.17) is 9.15 Å². The number of aryl methyl sites for hydroxylation is 1. The number of likely N-dealkylation sites (tertiary alicyclic amines) is 1. The molecule has 1 amide bonds. The van der Waals surface area contributed by atoms with Crippen LogP contribution >= 0.6 is 0 Å². The number of carbonyl (C=O) groups is 1. The van der Waals surface area contributed by atoms with Gasteiger partial charge >= 0.3 is 0 Å². The van der Waals surface area contributed by atoms with E-state index in [2.05, 4.69) is 4.90 Å². The predicted molar refractivity (Wildman–Crippen MR) is 95.4 cm³/mol. The standard InChI is InChI=1S/C20H23FN2O3/c1-15-3-8-18(26-15)11-22-10-2-9-20(13-22)14-23(19(24)12-25-20)17-6-4-16(21)5-7-17/h3-8H,2,9-14H2,1H3. The van der Waals surface area contributed by atoms with Crippen LogP contribution in [0, 0.1) is 12.7 Å². The fraction of sp³-hybridized carbons (Fsp3) is 0.450. The van der Waals surface area contributed by atoms with Gasteiger partial charge in [0.2, 0.25) is 0 Å². The molecule has 1 aromatic carbocycles. The number of morpholine rings is 1. The van der Waals surface area contributed by atoms with Crippen LogP contribution in [-0.2, 0) is 16.1 Å². The monoisotopic (exact) mass is 358 g/mol. The van der Waals surface area contributed by atoms with E-state index in [1.54, 1.807) is 17.0 Å². The Morgan fingerprint density at radius 1 is 1.15 bits per heavy atom. The van der Waals surface area contributed by atoms with Crippen LogP contribution in [0.25, 0.3) is 0 Å². The summed E-state index contributed by atoms with van der Waals surface area (Å²) < 4.78 is 24.9. The Bertz CT molecular complexity index is 789. The maximum absolute atomic E-state index is 13.2. The molecule has 1 atom stereocenters. The molecule has 4 rings (SSSR count). The van der Waals surface area contributed by atoms with E-state index in [1.165, 1.54) is 12.1 Å². The number of piperidine rings is 1. The van der Waals surface area contributed by atoms with Gasteiger partial charge in [-0.15, -0.1) is 0 Å². The van der Waals surface area contributed by atoms with Crippen molar-refractivity contribution in [3.8, 4) is 0 Å². The smallest absolute Gasteiger partial charge is 0.253 e. The minimum atomic E-state index is -0.387. The van der Waals surface area contributed by atoms with Crippen molar-refractivity contribution in [2.75, 3.05) is 31.1 Å². The molecule has 2 saturated heterocycles. The lowest BCUT2D eigenvalue weighted by Gasteiger charge is -2.47. The van der Waals surface area contributed by atoms with E-state index < -0.39 is 0 Å². The second-order valence-electron chi connectivity index (χ2n) is 7.25. The Labute approximate surface area is 152 Å². The fourth-order valence-corrected chi connectivity index (χ4v) is 3.93. The predicted octanol–water partition coefficient (Wildman–Crippen LogP) is 3.13. The minimum absolute atomic E-state index is 0.0606. The van der Waals surface area contributed by atoms with E-state index in [0.717, 1.165) is 49.7 Å². The molecule has 2 aliphatic heterocycles. The average Bonchev–Trinajstić information content (AvgIpc) is 3.03. The van der Waals surface area contributed by atoms with E-state index >= 15 is 0 Å². The summed E-state index contributed by atoms with van der Waals surface area (Å²) in [6.07, 6.45) is 1.91. The third-order valence-corrected chi connectivity index (χ3v) is 5.18. The molecule has 5 nitrogen and oxygen atoms in total. The van der Waals surface area contributed by atoms with Gasteiger partial charge in [0.05, 0.1) is 18.7 Å². The molecule has 6 heteroatoms. The quantitative estimate of drug-likeness (QED) is 0.846. The summed E-state index contributed by atoms with van der Waals surface area (Å²) in [6.45, 7) is 4.96. The van der Waals surface area contributed by atoms with E-state index in [0.29, 0.717) is 6.54 Å². The first-order chi connectivity index (χ1) is 12.5. The molecular formula is C20H23FN2O3. The number of anilines is 1. The van der Waals surface area contributed by atoms with Crippen LogP contribution in [0.2, 0.25) is 0 Å². The van der Waals surface area contributed by atoms with E-state index in [9.17, 15) is 9.18 Å². The zero-order valence-electron chi connectivity index (χ0n) is 14.9. The van der Waals surface area contributed by atoms with Crippen molar-refractivity contribution < 1.29 is 18.3 Å². The lowest BCUT2D eigenvalue weighted by Crippen LogP contribution is -2.61. The van der Waals surface area contributed by atoms with Gasteiger partial charge in [-0.2, -0.15) is 0 Å². The largest absolute Gasteiger partial charge is 0.465 e. The van der Waals surface area contributed by atoms with E-state index in [-0.39, 0.29) is 23.9 Å². The van der Waals surface area contributed by atoms with Gasteiger partial charge in [0, 0.05) is 12.2 Å². The number of rotatable bonds is 3. The number of hydrogen-bond acceptors (Lipinski definition) is 4. The van der Waals surface area contributed by atoms with Crippen LogP contribution in [0.15, 0.2) is 40.8 Å². The highest BCUT2D eigenvalue weighted by atomic mass is 19.1. The highest BCUT2D eigenvalue weighted by molar-refractivity contribution is 5.95. The third-order valence-electron chi connectivity index (χ3n) is 5.18. The van der Waals surface area contributed by atoms with Crippen molar-refractivity contribution in [3.05, 3.63) is 53.7 Å². The first kappa shape index (κ1) is 17.2. The Morgan fingerprint density at radius 3 is 2.69 bits per heavy atom. The second-order valence-corrected chi connectivity index (χ2v) is 7.25. The molecule has 0 bridgehead atoms. The average molecular weight is 358 g/mol. The summed E-state index contributed by atoms with van der Waals surface area (Å²) in [4.78, 5) is 16.4. The number of hydrogen-bond donors (Lipinski definition) is 0. The van der Waals surface area contributed by atoms with Gasteiger partial charge in [0.15, 0.2) is 0 Å². The summed E-state index contributed by atoms with van der Waals surface area (Å²) in [5.74, 6) is 1.47. The van der Waals surface area contributed by atoms with E-state index in [1.807, 2.05) is 19.1 Å². The van der Waals surface area contributed by atoms with Crippen LogP contribution in [0.4, 0.5) is 10.1 Å². The summed E-state index contributed by atoms with van der Waals surface area (Å²) >= 11 is 0. The molecule has 2 fully saturated rings. The molecule has 1 aromatic heterocycles. The Balaban J connectivity index is 1.49. The number of amides is 1. The SMILES string of the molecule is Cc1ccc(CN2CCCC3(C2)CN(c2ccc(F)cc2)C(=O)CO3)o1. The van der Waals surface area contributed by atoms with Gasteiger partial charge in [-0.25, -0.2) is 4.39 Å². The van der Waals surface area contributed by atoms with Crippen molar-refractivity contribution >= 4 is 11.6 Å². The molecule has 0 aliphatic carbocycles.